The Bertz CT molecular complexity index is 643. The van der Waals surface area contributed by atoms with Gasteiger partial charge in [-0.05, 0) is 24.1 Å². The van der Waals surface area contributed by atoms with Crippen molar-refractivity contribution in [1.29, 1.82) is 0 Å². The van der Waals surface area contributed by atoms with Gasteiger partial charge in [-0.15, -0.1) is 0 Å². The molecule has 1 aliphatic heterocycles. The average Bonchev–Trinajstić information content (AvgIpc) is 2.59. The molecule has 0 amide bonds. The van der Waals surface area contributed by atoms with Gasteiger partial charge in [-0.3, -0.25) is 0 Å². The highest BCUT2D eigenvalue weighted by Crippen LogP contribution is 2.22. The maximum atomic E-state index is 14.3. The number of rotatable bonds is 5. The summed E-state index contributed by atoms with van der Waals surface area (Å²) in [7, 11) is 0. The van der Waals surface area contributed by atoms with Gasteiger partial charge in [0, 0.05) is 19.5 Å². The van der Waals surface area contributed by atoms with Crippen LogP contribution in [0.5, 0.6) is 5.75 Å². The van der Waals surface area contributed by atoms with Crippen molar-refractivity contribution < 1.29 is 13.9 Å². The Morgan fingerprint density at radius 2 is 2.17 bits per heavy atom. The van der Waals surface area contributed by atoms with Gasteiger partial charge in [0.1, 0.15) is 11.6 Å². The summed E-state index contributed by atoms with van der Waals surface area (Å²) in [5, 5.41) is 3.24. The highest BCUT2D eigenvalue weighted by molar-refractivity contribution is 5.28. The predicted molar refractivity (Wildman–Crippen MR) is 84.0 cm³/mol. The number of hydrogen-bond acceptors (Lipinski definition) is 5. The monoisotopic (exact) mass is 317 g/mol. The molecule has 1 N–H and O–H groups in total. The molecule has 23 heavy (non-hydrogen) atoms. The lowest BCUT2D eigenvalue weighted by Gasteiger charge is -2.24. The van der Waals surface area contributed by atoms with Crippen LogP contribution in [-0.2, 0) is 11.2 Å². The Morgan fingerprint density at radius 1 is 1.35 bits per heavy atom. The van der Waals surface area contributed by atoms with Crippen LogP contribution in [0.15, 0.2) is 30.6 Å². The number of ether oxygens (including phenoxy) is 2. The topological polar surface area (TPSA) is 56.3 Å². The van der Waals surface area contributed by atoms with Crippen LogP contribution >= 0.6 is 0 Å². The first-order valence-corrected chi connectivity index (χ1v) is 7.80. The van der Waals surface area contributed by atoms with Crippen LogP contribution < -0.4 is 10.1 Å². The van der Waals surface area contributed by atoms with Crippen molar-refractivity contribution in [2.75, 3.05) is 26.3 Å². The molecule has 1 saturated heterocycles. The van der Waals surface area contributed by atoms with E-state index in [4.69, 9.17) is 9.47 Å². The van der Waals surface area contributed by atoms with Crippen molar-refractivity contribution >= 4 is 0 Å². The third-order valence-electron chi connectivity index (χ3n) is 3.72. The predicted octanol–water partition coefficient (Wildman–Crippen LogP) is 2.27. The van der Waals surface area contributed by atoms with E-state index in [1.54, 1.807) is 24.5 Å². The first-order chi connectivity index (χ1) is 11.3. The molecule has 1 fully saturated rings. The Balaban J connectivity index is 1.70. The molecular formula is C17H20FN3O2. The van der Waals surface area contributed by atoms with Gasteiger partial charge in [0.15, 0.2) is 5.75 Å². The van der Waals surface area contributed by atoms with Crippen molar-refractivity contribution in [3.8, 4) is 5.75 Å². The van der Waals surface area contributed by atoms with E-state index in [-0.39, 0.29) is 11.9 Å². The minimum Gasteiger partial charge on any atom is -0.491 e. The van der Waals surface area contributed by atoms with Crippen LogP contribution in [0.25, 0.3) is 0 Å². The summed E-state index contributed by atoms with van der Waals surface area (Å²) in [6.07, 6.45) is 3.48. The van der Waals surface area contributed by atoms with E-state index in [0.717, 1.165) is 12.1 Å². The summed E-state index contributed by atoms with van der Waals surface area (Å²) < 4.78 is 25.3. The molecule has 0 spiro atoms. The van der Waals surface area contributed by atoms with Crippen LogP contribution in [0, 0.1) is 5.82 Å². The van der Waals surface area contributed by atoms with Gasteiger partial charge in [-0.1, -0.05) is 12.1 Å². The van der Waals surface area contributed by atoms with Gasteiger partial charge in [-0.25, -0.2) is 14.4 Å². The summed E-state index contributed by atoms with van der Waals surface area (Å²) in [5.74, 6) is 0.930. The van der Waals surface area contributed by atoms with E-state index in [1.165, 1.54) is 0 Å². The summed E-state index contributed by atoms with van der Waals surface area (Å²) in [6, 6.07) is 5.23. The second-order valence-corrected chi connectivity index (χ2v) is 5.36. The lowest BCUT2D eigenvalue weighted by Crippen LogP contribution is -2.33. The van der Waals surface area contributed by atoms with E-state index >= 15 is 0 Å². The number of benzene rings is 1. The van der Waals surface area contributed by atoms with E-state index in [0.29, 0.717) is 43.3 Å². The highest BCUT2D eigenvalue weighted by Gasteiger charge is 2.17. The first-order valence-electron chi connectivity index (χ1n) is 7.80. The highest BCUT2D eigenvalue weighted by atomic mass is 19.1. The summed E-state index contributed by atoms with van der Waals surface area (Å²) in [5.41, 5.74) is 1.42. The molecule has 122 valence electrons. The molecule has 0 aliphatic carbocycles. The number of nitrogens with zero attached hydrogens (tertiary/aromatic N) is 2. The second-order valence-electron chi connectivity index (χ2n) is 5.36. The molecule has 0 radical (unpaired) electrons. The molecule has 1 aromatic heterocycles. The number of halogens is 1. The van der Waals surface area contributed by atoms with Gasteiger partial charge in [0.25, 0.3) is 0 Å². The van der Waals surface area contributed by atoms with Gasteiger partial charge < -0.3 is 14.8 Å². The quantitative estimate of drug-likeness (QED) is 0.917. The number of aromatic nitrogens is 2. The third-order valence-corrected chi connectivity index (χ3v) is 3.72. The first kappa shape index (κ1) is 15.8. The van der Waals surface area contributed by atoms with Gasteiger partial charge in [0.05, 0.1) is 31.7 Å². The zero-order valence-corrected chi connectivity index (χ0v) is 13.1. The molecule has 2 heterocycles. The molecule has 5 nitrogen and oxygen atoms in total. The van der Waals surface area contributed by atoms with Crippen LogP contribution in [0.3, 0.4) is 0 Å². The normalized spacial score (nSPS) is 17.9. The molecule has 1 aromatic carbocycles. The Morgan fingerprint density at radius 3 is 2.83 bits per heavy atom. The number of nitrogens with one attached hydrogen (secondary N) is 1. The van der Waals surface area contributed by atoms with Gasteiger partial charge >= 0.3 is 0 Å². The second kappa shape index (κ2) is 7.48. The van der Waals surface area contributed by atoms with Crippen LogP contribution in [0.2, 0.25) is 0 Å². The van der Waals surface area contributed by atoms with E-state index in [1.807, 2.05) is 13.0 Å². The lowest BCUT2D eigenvalue weighted by molar-refractivity contribution is 0.0275. The summed E-state index contributed by atoms with van der Waals surface area (Å²) in [4.78, 5) is 8.42. The largest absolute Gasteiger partial charge is 0.491 e. The van der Waals surface area contributed by atoms with Gasteiger partial charge in [-0.2, -0.15) is 0 Å². The number of morpholine rings is 1. The molecular weight excluding hydrogens is 297 g/mol. The van der Waals surface area contributed by atoms with Crippen LogP contribution in [-0.4, -0.2) is 36.3 Å². The minimum atomic E-state index is -0.255. The van der Waals surface area contributed by atoms with Crippen LogP contribution in [0.1, 0.15) is 30.0 Å². The zero-order valence-electron chi connectivity index (χ0n) is 13.1. The Hall–Kier alpha value is -2.05. The minimum absolute atomic E-state index is 0.0889. The average molecular weight is 317 g/mol. The van der Waals surface area contributed by atoms with E-state index < -0.39 is 0 Å². The maximum Gasteiger partial charge on any atom is 0.155 e. The Kier molecular flexibility index (Phi) is 5.15. The molecule has 2 aromatic rings. The zero-order chi connectivity index (χ0) is 16.1. The fourth-order valence-corrected chi connectivity index (χ4v) is 2.53. The van der Waals surface area contributed by atoms with E-state index in [9.17, 15) is 4.39 Å². The fourth-order valence-electron chi connectivity index (χ4n) is 2.53. The Labute approximate surface area is 134 Å². The molecule has 1 aliphatic rings. The third kappa shape index (κ3) is 4.03. The molecule has 0 unspecified atom stereocenters. The SMILES string of the molecule is CCOc1cnc(Cc2ccc([C@@H]3CNCCO3)cc2F)nc1. The smallest absolute Gasteiger partial charge is 0.155 e. The van der Waals surface area contributed by atoms with Crippen molar-refractivity contribution in [2.24, 2.45) is 0 Å². The van der Waals surface area contributed by atoms with Crippen molar-refractivity contribution in [1.82, 2.24) is 15.3 Å². The van der Waals surface area contributed by atoms with Crippen molar-refractivity contribution in [3.63, 3.8) is 0 Å². The van der Waals surface area contributed by atoms with Crippen LogP contribution in [0.4, 0.5) is 4.39 Å². The molecule has 3 rings (SSSR count). The van der Waals surface area contributed by atoms with E-state index in [2.05, 4.69) is 15.3 Å². The molecule has 6 heteroatoms. The fraction of sp³-hybridized carbons (Fsp3) is 0.412. The molecule has 0 saturated carbocycles. The number of hydrogen-bond donors (Lipinski definition) is 1. The van der Waals surface area contributed by atoms with Crippen molar-refractivity contribution in [3.05, 3.63) is 53.4 Å². The molecule has 0 bridgehead atoms. The summed E-state index contributed by atoms with van der Waals surface area (Å²) in [6.45, 7) is 4.66. The molecule has 1 atom stereocenters. The van der Waals surface area contributed by atoms with Crippen molar-refractivity contribution in [2.45, 2.75) is 19.4 Å². The van der Waals surface area contributed by atoms with Gasteiger partial charge in [0.2, 0.25) is 0 Å². The maximum absolute atomic E-state index is 14.3. The standard InChI is InChI=1S/C17H20FN3O2/c1-2-22-14-9-20-17(21-10-14)8-12-3-4-13(7-15(12)18)16-11-19-5-6-23-16/h3-4,7,9-10,16,19H,2,5-6,8,11H2,1H3/t16-/m0/s1. The summed E-state index contributed by atoms with van der Waals surface area (Å²) >= 11 is 0. The lowest BCUT2D eigenvalue weighted by atomic mass is 10.0.